The monoisotopic (exact) mass is 274 g/mol. The minimum absolute atomic E-state index is 0.256. The molecule has 0 spiro atoms. The zero-order valence-electron chi connectivity index (χ0n) is 10.8. The van der Waals surface area contributed by atoms with E-state index in [1.54, 1.807) is 18.2 Å². The second kappa shape index (κ2) is 5.33. The molecule has 0 aliphatic carbocycles. The number of nitrogens with one attached hydrogen (secondary N) is 1. The molecule has 3 N–H and O–H groups in total. The third-order valence-electron chi connectivity index (χ3n) is 2.90. The van der Waals surface area contributed by atoms with Gasteiger partial charge in [0, 0.05) is 16.4 Å². The molecule has 4 heteroatoms. The number of nitrogens with two attached hydrogens (primary N) is 1. The van der Waals surface area contributed by atoms with Gasteiger partial charge in [-0.3, -0.25) is 4.79 Å². The minimum Gasteiger partial charge on any atom is -0.398 e. The number of hydrogen-bond donors (Lipinski definition) is 2. The average Bonchev–Trinajstić information content (AvgIpc) is 2.36. The van der Waals surface area contributed by atoms with Crippen LogP contribution in [0.5, 0.6) is 0 Å². The summed E-state index contributed by atoms with van der Waals surface area (Å²) in [6, 6.07) is 10.7. The second-order valence-corrected chi connectivity index (χ2v) is 4.94. The third kappa shape index (κ3) is 3.06. The molecule has 0 saturated carbocycles. The van der Waals surface area contributed by atoms with Gasteiger partial charge < -0.3 is 11.1 Å². The Labute approximate surface area is 117 Å². The van der Waals surface area contributed by atoms with Crippen LogP contribution in [-0.2, 0) is 0 Å². The number of rotatable bonds is 2. The van der Waals surface area contributed by atoms with E-state index in [4.69, 9.17) is 17.3 Å². The molecule has 2 rings (SSSR count). The molecule has 0 radical (unpaired) electrons. The second-order valence-electron chi connectivity index (χ2n) is 4.50. The lowest BCUT2D eigenvalue weighted by Crippen LogP contribution is -2.14. The summed E-state index contributed by atoms with van der Waals surface area (Å²) in [6.45, 7) is 3.92. The summed E-state index contributed by atoms with van der Waals surface area (Å²) in [6.07, 6.45) is 0. The summed E-state index contributed by atoms with van der Waals surface area (Å²) < 4.78 is 0. The number of anilines is 2. The van der Waals surface area contributed by atoms with Crippen molar-refractivity contribution in [1.82, 2.24) is 0 Å². The summed E-state index contributed by atoms with van der Waals surface area (Å²) in [7, 11) is 0. The van der Waals surface area contributed by atoms with Crippen molar-refractivity contribution in [3.05, 3.63) is 58.1 Å². The highest BCUT2D eigenvalue weighted by atomic mass is 35.5. The van der Waals surface area contributed by atoms with Crippen LogP contribution in [0, 0.1) is 13.8 Å². The fourth-order valence-electron chi connectivity index (χ4n) is 1.79. The normalized spacial score (nSPS) is 10.3. The van der Waals surface area contributed by atoms with Gasteiger partial charge in [0.1, 0.15) is 0 Å². The Hall–Kier alpha value is -2.00. The molecule has 0 bridgehead atoms. The summed E-state index contributed by atoms with van der Waals surface area (Å²) in [5, 5.41) is 3.34. The van der Waals surface area contributed by atoms with Crippen LogP contribution in [0.1, 0.15) is 21.5 Å². The van der Waals surface area contributed by atoms with Gasteiger partial charge in [-0.1, -0.05) is 23.7 Å². The topological polar surface area (TPSA) is 55.1 Å². The van der Waals surface area contributed by atoms with Crippen molar-refractivity contribution in [1.29, 1.82) is 0 Å². The zero-order valence-corrected chi connectivity index (χ0v) is 11.6. The van der Waals surface area contributed by atoms with E-state index in [9.17, 15) is 4.79 Å². The highest BCUT2D eigenvalue weighted by Crippen LogP contribution is 2.21. The first-order valence-electron chi connectivity index (χ1n) is 5.91. The van der Waals surface area contributed by atoms with E-state index in [2.05, 4.69) is 5.32 Å². The lowest BCUT2D eigenvalue weighted by Gasteiger charge is -2.11. The van der Waals surface area contributed by atoms with Gasteiger partial charge >= 0.3 is 0 Å². The van der Waals surface area contributed by atoms with Gasteiger partial charge in [0.25, 0.3) is 5.91 Å². The fourth-order valence-corrected chi connectivity index (χ4v) is 1.96. The van der Waals surface area contributed by atoms with E-state index in [-0.39, 0.29) is 5.91 Å². The summed E-state index contributed by atoms with van der Waals surface area (Å²) in [5.74, 6) is -0.256. The van der Waals surface area contributed by atoms with Gasteiger partial charge in [-0.15, -0.1) is 0 Å². The Morgan fingerprint density at radius 1 is 1.16 bits per heavy atom. The van der Waals surface area contributed by atoms with E-state index >= 15 is 0 Å². The van der Waals surface area contributed by atoms with Crippen LogP contribution in [0.15, 0.2) is 36.4 Å². The number of nitrogen functional groups attached to an aromatic ring is 1. The summed E-state index contributed by atoms with van der Waals surface area (Å²) >= 11 is 5.88. The Balaban J connectivity index is 2.30. The molecular weight excluding hydrogens is 260 g/mol. The van der Waals surface area contributed by atoms with Crippen LogP contribution in [-0.4, -0.2) is 5.91 Å². The van der Waals surface area contributed by atoms with Gasteiger partial charge in [-0.05, 0) is 49.2 Å². The van der Waals surface area contributed by atoms with Crippen molar-refractivity contribution < 1.29 is 4.79 Å². The van der Waals surface area contributed by atoms with E-state index in [1.807, 2.05) is 32.0 Å². The molecule has 19 heavy (non-hydrogen) atoms. The first kappa shape index (κ1) is 13.4. The number of halogens is 1. The lowest BCUT2D eigenvalue weighted by atomic mass is 10.1. The quantitative estimate of drug-likeness (QED) is 0.819. The number of hydrogen-bond acceptors (Lipinski definition) is 2. The Morgan fingerprint density at radius 3 is 2.63 bits per heavy atom. The molecule has 0 unspecified atom stereocenters. The van der Waals surface area contributed by atoms with Crippen molar-refractivity contribution >= 4 is 28.9 Å². The van der Waals surface area contributed by atoms with Crippen molar-refractivity contribution in [3.63, 3.8) is 0 Å². The number of aryl methyl sites for hydroxylation is 2. The standard InChI is InChI=1S/C15H15ClN2O/c1-9-3-4-10(2)14(7-9)18-15(19)12-8-11(16)5-6-13(12)17/h3-8H,17H2,1-2H3,(H,18,19). The van der Waals surface area contributed by atoms with Gasteiger partial charge in [0.2, 0.25) is 0 Å². The number of carbonyl (C=O) groups excluding carboxylic acids is 1. The third-order valence-corrected chi connectivity index (χ3v) is 3.14. The molecule has 0 saturated heterocycles. The number of benzene rings is 2. The highest BCUT2D eigenvalue weighted by molar-refractivity contribution is 6.31. The van der Waals surface area contributed by atoms with Crippen LogP contribution in [0.2, 0.25) is 5.02 Å². The summed E-state index contributed by atoms with van der Waals surface area (Å²) in [5.41, 5.74) is 9.45. The van der Waals surface area contributed by atoms with E-state index < -0.39 is 0 Å². The van der Waals surface area contributed by atoms with Crippen LogP contribution < -0.4 is 11.1 Å². The molecule has 0 atom stereocenters. The van der Waals surface area contributed by atoms with Gasteiger partial charge in [-0.2, -0.15) is 0 Å². The van der Waals surface area contributed by atoms with Crippen molar-refractivity contribution in [2.24, 2.45) is 0 Å². The van der Waals surface area contributed by atoms with Gasteiger partial charge in [0.05, 0.1) is 5.56 Å². The van der Waals surface area contributed by atoms with E-state index in [0.29, 0.717) is 16.3 Å². The minimum atomic E-state index is -0.256. The van der Waals surface area contributed by atoms with Crippen LogP contribution in [0.4, 0.5) is 11.4 Å². The largest absolute Gasteiger partial charge is 0.398 e. The molecule has 0 fully saturated rings. The smallest absolute Gasteiger partial charge is 0.257 e. The average molecular weight is 275 g/mol. The summed E-state index contributed by atoms with van der Waals surface area (Å²) in [4.78, 5) is 12.2. The van der Waals surface area contributed by atoms with Crippen molar-refractivity contribution in [2.75, 3.05) is 11.1 Å². The van der Waals surface area contributed by atoms with Crippen LogP contribution in [0.25, 0.3) is 0 Å². The molecule has 2 aromatic rings. The highest BCUT2D eigenvalue weighted by Gasteiger charge is 2.11. The number of carbonyl (C=O) groups is 1. The van der Waals surface area contributed by atoms with Crippen LogP contribution >= 0.6 is 11.6 Å². The molecular formula is C15H15ClN2O. The predicted molar refractivity (Wildman–Crippen MR) is 79.7 cm³/mol. The molecule has 0 aliphatic rings. The zero-order chi connectivity index (χ0) is 14.0. The number of amides is 1. The molecule has 1 amide bonds. The predicted octanol–water partition coefficient (Wildman–Crippen LogP) is 3.79. The molecule has 2 aromatic carbocycles. The van der Waals surface area contributed by atoms with Crippen molar-refractivity contribution in [3.8, 4) is 0 Å². The maximum absolute atomic E-state index is 12.2. The van der Waals surface area contributed by atoms with Crippen molar-refractivity contribution in [2.45, 2.75) is 13.8 Å². The molecule has 0 aliphatic heterocycles. The first-order chi connectivity index (χ1) is 8.97. The molecule has 0 heterocycles. The molecule has 3 nitrogen and oxygen atoms in total. The Kier molecular flexibility index (Phi) is 3.76. The molecule has 98 valence electrons. The first-order valence-corrected chi connectivity index (χ1v) is 6.29. The Bertz CT molecular complexity index is 638. The lowest BCUT2D eigenvalue weighted by molar-refractivity contribution is 0.102. The van der Waals surface area contributed by atoms with Gasteiger partial charge in [-0.25, -0.2) is 0 Å². The van der Waals surface area contributed by atoms with Gasteiger partial charge in [0.15, 0.2) is 0 Å². The SMILES string of the molecule is Cc1ccc(C)c(NC(=O)c2cc(Cl)ccc2N)c1. The Morgan fingerprint density at radius 2 is 1.89 bits per heavy atom. The van der Waals surface area contributed by atoms with Crippen LogP contribution in [0.3, 0.4) is 0 Å². The van der Waals surface area contributed by atoms with E-state index in [0.717, 1.165) is 16.8 Å². The maximum atomic E-state index is 12.2. The van der Waals surface area contributed by atoms with E-state index in [1.165, 1.54) is 0 Å². The fraction of sp³-hybridized carbons (Fsp3) is 0.133. The molecule has 0 aromatic heterocycles. The maximum Gasteiger partial charge on any atom is 0.257 e.